The van der Waals surface area contributed by atoms with Crippen molar-refractivity contribution in [3.05, 3.63) is 65.5 Å². The Kier molecular flexibility index (Phi) is 5.62. The third-order valence-corrected chi connectivity index (χ3v) is 3.43. The van der Waals surface area contributed by atoms with Crippen LogP contribution in [0.4, 0.5) is 13.2 Å². The summed E-state index contributed by atoms with van der Waals surface area (Å²) in [5.74, 6) is 0. The van der Waals surface area contributed by atoms with Crippen LogP contribution >= 0.6 is 0 Å². The first-order valence-electron chi connectivity index (χ1n) is 7.65. The monoisotopic (exact) mass is 338 g/mol. The maximum atomic E-state index is 13.2. The first-order valence-corrected chi connectivity index (χ1v) is 7.65. The number of hydrogen-bond acceptors (Lipinski definition) is 3. The second kappa shape index (κ2) is 7.32. The van der Waals surface area contributed by atoms with Crippen LogP contribution in [0, 0.1) is 0 Å². The molecular formula is C18H21F3N2O. The highest BCUT2D eigenvalue weighted by atomic mass is 19.4. The Morgan fingerprint density at radius 3 is 2.25 bits per heavy atom. The van der Waals surface area contributed by atoms with Gasteiger partial charge in [-0.25, -0.2) is 0 Å². The Bertz CT molecular complexity index is 651. The summed E-state index contributed by atoms with van der Waals surface area (Å²) in [5, 5.41) is 10.1. The summed E-state index contributed by atoms with van der Waals surface area (Å²) in [5.41, 5.74) is -0.836. The van der Waals surface area contributed by atoms with Crippen LogP contribution in [-0.2, 0) is 19.3 Å². The third-order valence-electron chi connectivity index (χ3n) is 3.43. The lowest BCUT2D eigenvalue weighted by Crippen LogP contribution is -2.38. The van der Waals surface area contributed by atoms with Gasteiger partial charge in [0.25, 0.3) is 0 Å². The minimum Gasteiger partial charge on any atom is -0.389 e. The fraction of sp³-hybridized carbons (Fsp3) is 0.389. The minimum atomic E-state index is -4.45. The van der Waals surface area contributed by atoms with Gasteiger partial charge in [-0.3, -0.25) is 9.88 Å². The second-order valence-electron chi connectivity index (χ2n) is 6.44. The van der Waals surface area contributed by atoms with Crippen LogP contribution in [0.1, 0.15) is 30.7 Å². The molecule has 1 aromatic carbocycles. The minimum absolute atomic E-state index is 0.00850. The molecule has 2 aromatic rings. The maximum Gasteiger partial charge on any atom is 0.418 e. The van der Waals surface area contributed by atoms with Crippen molar-refractivity contribution >= 4 is 0 Å². The van der Waals surface area contributed by atoms with Gasteiger partial charge < -0.3 is 5.11 Å². The van der Waals surface area contributed by atoms with E-state index in [4.69, 9.17) is 0 Å². The summed E-state index contributed by atoms with van der Waals surface area (Å²) in [4.78, 5) is 5.68. The smallest absolute Gasteiger partial charge is 0.389 e. The van der Waals surface area contributed by atoms with Crippen LogP contribution in [0.2, 0.25) is 0 Å². The first kappa shape index (κ1) is 18.4. The van der Waals surface area contributed by atoms with Crippen molar-refractivity contribution in [2.24, 2.45) is 0 Å². The number of aliphatic hydroxyl groups is 1. The Morgan fingerprint density at radius 1 is 1.00 bits per heavy atom. The molecule has 6 heteroatoms. The van der Waals surface area contributed by atoms with Crippen LogP contribution in [0.25, 0.3) is 0 Å². The highest BCUT2D eigenvalue weighted by Gasteiger charge is 2.34. The van der Waals surface area contributed by atoms with Crippen LogP contribution in [0.3, 0.4) is 0 Å². The van der Waals surface area contributed by atoms with E-state index >= 15 is 0 Å². The molecule has 0 spiro atoms. The summed E-state index contributed by atoms with van der Waals surface area (Å²) < 4.78 is 39.5. The molecule has 2 rings (SSSR count). The number of pyridine rings is 1. The highest BCUT2D eigenvalue weighted by Crippen LogP contribution is 2.31. The molecule has 0 amide bonds. The molecule has 0 saturated carbocycles. The average molecular weight is 338 g/mol. The molecule has 0 radical (unpaired) electrons. The molecule has 24 heavy (non-hydrogen) atoms. The largest absolute Gasteiger partial charge is 0.418 e. The summed E-state index contributed by atoms with van der Waals surface area (Å²) in [6, 6.07) is 11.8. The zero-order chi connectivity index (χ0) is 17.8. The molecule has 0 atom stereocenters. The number of rotatable bonds is 6. The molecule has 0 aliphatic heterocycles. The number of aromatic nitrogens is 1. The molecule has 1 heterocycles. The first-order chi connectivity index (χ1) is 11.1. The van der Waals surface area contributed by atoms with Gasteiger partial charge in [0.2, 0.25) is 0 Å². The molecule has 0 aliphatic carbocycles. The third kappa shape index (κ3) is 5.62. The lowest BCUT2D eigenvalue weighted by molar-refractivity contribution is -0.138. The number of alkyl halides is 3. The maximum absolute atomic E-state index is 13.2. The predicted octanol–water partition coefficient (Wildman–Crippen LogP) is 3.87. The molecule has 0 saturated heterocycles. The SMILES string of the molecule is CC(C)(O)CN(Cc1ccccc1)Cc1ncccc1C(F)(F)F. The topological polar surface area (TPSA) is 36.4 Å². The van der Waals surface area contributed by atoms with Crippen LogP contribution < -0.4 is 0 Å². The van der Waals surface area contributed by atoms with Gasteiger partial charge in [-0.15, -0.1) is 0 Å². The standard InChI is InChI=1S/C18H21F3N2O/c1-17(2,24)13-23(11-14-7-4-3-5-8-14)12-16-15(18(19,20)21)9-6-10-22-16/h3-10,24H,11-13H2,1-2H3. The summed E-state index contributed by atoms with van der Waals surface area (Å²) in [7, 11) is 0. The molecule has 3 nitrogen and oxygen atoms in total. The number of benzene rings is 1. The lowest BCUT2D eigenvalue weighted by Gasteiger charge is -2.29. The Labute approximate surface area is 139 Å². The van der Waals surface area contributed by atoms with Gasteiger partial charge in [-0.2, -0.15) is 13.2 Å². The molecule has 0 unspecified atom stereocenters. The molecule has 0 aliphatic rings. The summed E-state index contributed by atoms with van der Waals surface area (Å²) >= 11 is 0. The van der Waals surface area contributed by atoms with Crippen molar-refractivity contribution in [3.63, 3.8) is 0 Å². The predicted molar refractivity (Wildman–Crippen MR) is 86.1 cm³/mol. The molecule has 130 valence electrons. The molecule has 1 N–H and O–H groups in total. The number of halogens is 3. The van der Waals surface area contributed by atoms with E-state index in [1.165, 1.54) is 12.3 Å². The van der Waals surface area contributed by atoms with E-state index in [2.05, 4.69) is 4.98 Å². The Hall–Kier alpha value is -1.92. The van der Waals surface area contributed by atoms with E-state index in [1.54, 1.807) is 18.7 Å². The van der Waals surface area contributed by atoms with Crippen LogP contribution in [0.5, 0.6) is 0 Å². The second-order valence-corrected chi connectivity index (χ2v) is 6.44. The summed E-state index contributed by atoms with van der Waals surface area (Å²) in [6.07, 6.45) is -3.09. The molecule has 0 bridgehead atoms. The lowest BCUT2D eigenvalue weighted by atomic mass is 10.1. The van der Waals surface area contributed by atoms with Gasteiger partial charge in [0.15, 0.2) is 0 Å². The van der Waals surface area contributed by atoms with E-state index in [1.807, 2.05) is 30.3 Å². The van der Waals surface area contributed by atoms with Crippen LogP contribution in [0.15, 0.2) is 48.7 Å². The normalized spacial score (nSPS) is 12.6. The zero-order valence-electron chi connectivity index (χ0n) is 13.7. The molecule has 0 fully saturated rings. The van der Waals surface area contributed by atoms with Crippen LogP contribution in [-0.4, -0.2) is 27.1 Å². The molecular weight excluding hydrogens is 317 g/mol. The quantitative estimate of drug-likeness (QED) is 0.868. The van der Waals surface area contributed by atoms with E-state index in [9.17, 15) is 18.3 Å². The van der Waals surface area contributed by atoms with E-state index in [0.29, 0.717) is 6.54 Å². The highest BCUT2D eigenvalue weighted by molar-refractivity contribution is 5.23. The van der Waals surface area contributed by atoms with Crippen molar-refractivity contribution in [3.8, 4) is 0 Å². The number of nitrogens with zero attached hydrogens (tertiary/aromatic N) is 2. The Morgan fingerprint density at radius 2 is 1.67 bits per heavy atom. The van der Waals surface area contributed by atoms with Crippen molar-refractivity contribution < 1.29 is 18.3 Å². The van der Waals surface area contributed by atoms with E-state index in [-0.39, 0.29) is 18.8 Å². The van der Waals surface area contributed by atoms with Crippen molar-refractivity contribution in [1.82, 2.24) is 9.88 Å². The fourth-order valence-corrected chi connectivity index (χ4v) is 2.59. The number of hydrogen-bond donors (Lipinski definition) is 1. The van der Waals surface area contributed by atoms with Gasteiger partial charge >= 0.3 is 6.18 Å². The van der Waals surface area contributed by atoms with Gasteiger partial charge in [0, 0.05) is 25.8 Å². The van der Waals surface area contributed by atoms with Gasteiger partial charge in [-0.1, -0.05) is 30.3 Å². The summed E-state index contributed by atoms with van der Waals surface area (Å²) in [6.45, 7) is 3.94. The Balaban J connectivity index is 2.26. The van der Waals surface area contributed by atoms with Gasteiger partial charge in [-0.05, 0) is 31.5 Å². The van der Waals surface area contributed by atoms with Gasteiger partial charge in [0.1, 0.15) is 0 Å². The zero-order valence-corrected chi connectivity index (χ0v) is 13.7. The average Bonchev–Trinajstić information content (AvgIpc) is 2.46. The van der Waals surface area contributed by atoms with E-state index in [0.717, 1.165) is 11.6 Å². The molecule has 1 aromatic heterocycles. The van der Waals surface area contributed by atoms with E-state index < -0.39 is 17.3 Å². The van der Waals surface area contributed by atoms with Gasteiger partial charge in [0.05, 0.1) is 16.9 Å². The van der Waals surface area contributed by atoms with Crippen molar-refractivity contribution in [1.29, 1.82) is 0 Å². The van der Waals surface area contributed by atoms with Crippen molar-refractivity contribution in [2.45, 2.75) is 38.7 Å². The van der Waals surface area contributed by atoms with Crippen molar-refractivity contribution in [2.75, 3.05) is 6.54 Å². The fourth-order valence-electron chi connectivity index (χ4n) is 2.59.